The monoisotopic (exact) mass is 921 g/mol. The van der Waals surface area contributed by atoms with Crippen molar-refractivity contribution in [2.45, 2.75) is 68.7 Å². The van der Waals surface area contributed by atoms with Crippen LogP contribution < -0.4 is 9.47 Å². The number of imide groups is 1. The topological polar surface area (TPSA) is 153 Å². The maximum Gasteiger partial charge on any atom is 0.330 e. The maximum absolute atomic E-state index is 14.0. The molecule has 14 heteroatoms. The predicted octanol–water partition coefficient (Wildman–Crippen LogP) is 3.98. The second kappa shape index (κ2) is 12.4. The average molecular weight is 922 g/mol. The number of thioether (sulfide) groups is 1. The summed E-state index contributed by atoms with van der Waals surface area (Å²) in [7, 11) is 1.97. The van der Waals surface area contributed by atoms with E-state index in [0.717, 1.165) is 27.2 Å². The zero-order valence-electron chi connectivity index (χ0n) is 28.4. The molecule has 259 valence electrons. The van der Waals surface area contributed by atoms with Gasteiger partial charge in [-0.3, -0.25) is 24.3 Å². The molecule has 0 aliphatic carbocycles. The van der Waals surface area contributed by atoms with Crippen LogP contribution in [0.5, 0.6) is 23.0 Å². The zero-order chi connectivity index (χ0) is 34.9. The van der Waals surface area contributed by atoms with E-state index in [-0.39, 0.29) is 91.9 Å². The van der Waals surface area contributed by atoms with Crippen molar-refractivity contribution in [3.63, 3.8) is 0 Å². The molecule has 2 saturated heterocycles. The van der Waals surface area contributed by atoms with Gasteiger partial charge in [-0.15, -0.1) is 11.8 Å². The molecular formula is C37H34AcN4O8S. The third-order valence-corrected chi connectivity index (χ3v) is 13.1. The quantitative estimate of drug-likeness (QED) is 0.269. The summed E-state index contributed by atoms with van der Waals surface area (Å²) in [4.78, 5) is 46.6. The van der Waals surface area contributed by atoms with Crippen LogP contribution in [-0.4, -0.2) is 93.1 Å². The van der Waals surface area contributed by atoms with E-state index in [9.17, 15) is 29.9 Å². The van der Waals surface area contributed by atoms with Crippen molar-refractivity contribution in [1.29, 1.82) is 5.26 Å². The number of benzene rings is 3. The molecule has 1 radical (unpaired) electrons. The second-order valence-corrected chi connectivity index (χ2v) is 15.1. The number of piperazine rings is 1. The molecule has 0 spiro atoms. The predicted molar refractivity (Wildman–Crippen MR) is 179 cm³/mol. The number of carbonyl (C=O) groups is 3. The third-order valence-electron chi connectivity index (χ3n) is 11.7. The fourth-order valence-electron chi connectivity index (χ4n) is 9.23. The van der Waals surface area contributed by atoms with Gasteiger partial charge < -0.3 is 24.4 Å². The largest absolute Gasteiger partial charge is 0.507 e. The first-order valence-electron chi connectivity index (χ1n) is 16.7. The molecular weight excluding hydrogens is 887 g/mol. The number of phenols is 2. The molecule has 1 unspecified atom stereocenters. The number of likely N-dealkylation sites (N-methyl/N-ethyl adjacent to an activating group) is 1. The molecule has 0 saturated carbocycles. The van der Waals surface area contributed by atoms with Crippen LogP contribution in [0.25, 0.3) is 0 Å². The van der Waals surface area contributed by atoms with Gasteiger partial charge in [-0.05, 0) is 63.1 Å². The summed E-state index contributed by atoms with van der Waals surface area (Å²) in [6, 6.07) is 7.25. The summed E-state index contributed by atoms with van der Waals surface area (Å²) in [5.41, 5.74) is 5.58. The van der Waals surface area contributed by atoms with E-state index in [0.29, 0.717) is 34.6 Å². The smallest absolute Gasteiger partial charge is 0.330 e. The molecule has 10 rings (SSSR count). The molecule has 2 amide bonds. The van der Waals surface area contributed by atoms with Crippen molar-refractivity contribution in [3.8, 4) is 29.1 Å². The summed E-state index contributed by atoms with van der Waals surface area (Å²) >= 11 is 1.32. The fraction of sp³-hybridized carbons (Fsp3) is 0.405. The summed E-state index contributed by atoms with van der Waals surface area (Å²) in [6.07, 6.45) is 0.522. The Morgan fingerprint density at radius 2 is 1.57 bits per heavy atom. The van der Waals surface area contributed by atoms with E-state index in [2.05, 4.69) is 21.9 Å². The van der Waals surface area contributed by atoms with Crippen LogP contribution in [0.3, 0.4) is 0 Å². The Kier molecular flexibility index (Phi) is 8.43. The normalized spacial score (nSPS) is 29.0. The SMILES string of the molecule is Cc1cc2c(c(O)c1C)[C@@H]1C3[C@@H]4SC[C@H](N5C(=O)c6ccccc6C5=O)C(=O)OC[C@@H](c5c6c(c(C)c(O)c54)OCO6)N3[C@@H](C#N)[C@H](C2)N1C.[Ac]. The minimum atomic E-state index is -1.25. The van der Waals surface area contributed by atoms with E-state index in [4.69, 9.17) is 14.2 Å². The van der Waals surface area contributed by atoms with Crippen LogP contribution in [0.15, 0.2) is 30.3 Å². The van der Waals surface area contributed by atoms with Crippen molar-refractivity contribution in [3.05, 3.63) is 80.4 Å². The first-order chi connectivity index (χ1) is 24.0. The van der Waals surface area contributed by atoms with Gasteiger partial charge in [0.1, 0.15) is 30.2 Å². The molecule has 7 heterocycles. The molecule has 2 N–H and O–H groups in total. The number of nitriles is 1. The van der Waals surface area contributed by atoms with Crippen molar-refractivity contribution in [2.24, 2.45) is 0 Å². The Morgan fingerprint density at radius 3 is 2.25 bits per heavy atom. The van der Waals surface area contributed by atoms with E-state index in [1.807, 2.05) is 20.9 Å². The van der Waals surface area contributed by atoms with Gasteiger partial charge in [0, 0.05) is 84.2 Å². The van der Waals surface area contributed by atoms with Gasteiger partial charge in [-0.1, -0.05) is 18.2 Å². The number of hydrogen-bond donors (Lipinski definition) is 2. The van der Waals surface area contributed by atoms with Crippen LogP contribution >= 0.6 is 11.8 Å². The molecule has 4 bridgehead atoms. The van der Waals surface area contributed by atoms with Crippen LogP contribution in [0.1, 0.15) is 77.0 Å². The number of carbonyl (C=O) groups excluding carboxylic acids is 3. The standard InChI is InChI=1S/C37H34N4O8S.Ac/c1-15-9-18-10-21-22(11-38)40-23-12-47-37(46)24(41-35(44)19-7-5-6-8-20(19)36(41)45)13-50-34(29(40)28(39(21)4)25(18)30(42)16(15)2)27-26(23)33-32(48-14-49-33)17(3)31(27)43;/h5-9,21-24,28-29,34,42-43H,10,12-14H2,1-4H3;/t21-,22-,23-,24-,28+,29?,34+;/m0./s1. The first-order valence-corrected chi connectivity index (χ1v) is 17.7. The Balaban J connectivity index is 0.00000374. The van der Waals surface area contributed by atoms with E-state index in [1.165, 1.54) is 11.8 Å². The summed E-state index contributed by atoms with van der Waals surface area (Å²) < 4.78 is 18.0. The van der Waals surface area contributed by atoms with Crippen LogP contribution in [-0.2, 0) is 16.0 Å². The van der Waals surface area contributed by atoms with Crippen molar-refractivity contribution < 1.29 is 82.9 Å². The van der Waals surface area contributed by atoms with Gasteiger partial charge >= 0.3 is 5.97 Å². The number of amides is 2. The number of ether oxygens (including phenoxy) is 3. The molecule has 7 aliphatic heterocycles. The third kappa shape index (κ3) is 4.64. The van der Waals surface area contributed by atoms with Gasteiger partial charge in [0.2, 0.25) is 6.79 Å². The zero-order valence-corrected chi connectivity index (χ0v) is 33.9. The molecule has 12 nitrogen and oxygen atoms in total. The van der Waals surface area contributed by atoms with Crippen LogP contribution in [0.4, 0.5) is 0 Å². The number of phenolic OH excluding ortho intramolecular Hbond substituents is 2. The number of nitrogens with zero attached hydrogens (tertiary/aromatic N) is 4. The number of esters is 1. The van der Waals surface area contributed by atoms with Gasteiger partial charge in [0.25, 0.3) is 11.8 Å². The minimum Gasteiger partial charge on any atom is -0.507 e. The number of aromatic hydroxyl groups is 2. The van der Waals surface area contributed by atoms with Gasteiger partial charge in [-0.25, -0.2) is 4.79 Å². The summed E-state index contributed by atoms with van der Waals surface area (Å²) in [6.45, 7) is 5.31. The van der Waals surface area contributed by atoms with Crippen LogP contribution in [0.2, 0.25) is 0 Å². The molecule has 3 aromatic rings. The number of rotatable bonds is 1. The summed E-state index contributed by atoms with van der Waals surface area (Å²) in [5, 5.41) is 34.2. The Bertz CT molecular complexity index is 2090. The van der Waals surface area contributed by atoms with E-state index >= 15 is 0 Å². The Hall–Kier alpha value is -3.33. The molecule has 7 atom stereocenters. The average Bonchev–Trinajstić information content (AvgIpc) is 3.69. The summed E-state index contributed by atoms with van der Waals surface area (Å²) in [5.74, 6) is -0.869. The number of aryl methyl sites for hydroxylation is 1. The van der Waals surface area contributed by atoms with Crippen molar-refractivity contribution in [1.82, 2.24) is 14.7 Å². The van der Waals surface area contributed by atoms with Gasteiger partial charge in [0.15, 0.2) is 11.5 Å². The minimum absolute atomic E-state index is 0. The van der Waals surface area contributed by atoms with Crippen molar-refractivity contribution >= 4 is 29.5 Å². The number of fused-ring (bicyclic) bond motifs is 11. The Labute approximate surface area is 334 Å². The molecule has 2 fully saturated rings. The van der Waals surface area contributed by atoms with E-state index < -0.39 is 53.2 Å². The molecule has 0 aromatic heterocycles. The molecule has 7 aliphatic rings. The second-order valence-electron chi connectivity index (χ2n) is 13.9. The van der Waals surface area contributed by atoms with Crippen molar-refractivity contribution in [2.75, 3.05) is 26.2 Å². The first kappa shape index (κ1) is 34.7. The fourth-order valence-corrected chi connectivity index (χ4v) is 10.8. The van der Waals surface area contributed by atoms with Crippen LogP contribution in [0, 0.1) is 76.2 Å². The number of hydrogen-bond acceptors (Lipinski definition) is 12. The van der Waals surface area contributed by atoms with E-state index in [1.54, 1.807) is 31.2 Å². The maximum atomic E-state index is 14.0. The van der Waals surface area contributed by atoms with Gasteiger partial charge in [-0.2, -0.15) is 5.26 Å². The molecule has 51 heavy (non-hydrogen) atoms. The van der Waals surface area contributed by atoms with Gasteiger partial charge in [0.05, 0.1) is 34.5 Å². The Morgan fingerprint density at radius 1 is 0.902 bits per heavy atom. The molecule has 3 aromatic carbocycles.